The fraction of sp³-hybridized carbons (Fsp3) is 1.00. The maximum atomic E-state index is 6.11. The van der Waals surface area contributed by atoms with Crippen molar-refractivity contribution in [3.63, 3.8) is 0 Å². The van der Waals surface area contributed by atoms with Gasteiger partial charge < -0.3 is 5.73 Å². The van der Waals surface area contributed by atoms with Crippen molar-refractivity contribution in [3.05, 3.63) is 0 Å². The Labute approximate surface area is 84.2 Å². The van der Waals surface area contributed by atoms with Gasteiger partial charge >= 0.3 is 0 Å². The topological polar surface area (TPSA) is 29.3 Å². The van der Waals surface area contributed by atoms with E-state index in [1.165, 1.54) is 37.4 Å². The summed E-state index contributed by atoms with van der Waals surface area (Å²) in [5.74, 6) is 4.52. The second-order valence-corrected chi connectivity index (χ2v) is 5.89. The lowest BCUT2D eigenvalue weighted by atomic mass is 9.98. The molecule has 3 unspecified atom stereocenters. The average molecular weight is 198 g/mol. The lowest BCUT2D eigenvalue weighted by molar-refractivity contribution is 0.249. The lowest BCUT2D eigenvalue weighted by Gasteiger charge is -2.34. The van der Waals surface area contributed by atoms with Gasteiger partial charge in [0.1, 0.15) is 0 Å². The highest BCUT2D eigenvalue weighted by molar-refractivity contribution is 8.00. The van der Waals surface area contributed by atoms with Crippen LogP contribution in [-0.2, 0) is 0 Å². The van der Waals surface area contributed by atoms with Crippen LogP contribution in [0.3, 0.4) is 0 Å². The smallest absolute Gasteiger partial charge is 0.0277 e. The predicted octanol–water partition coefficient (Wildman–Crippen LogP) is 0.771. The van der Waals surface area contributed by atoms with Crippen molar-refractivity contribution in [1.82, 2.24) is 4.90 Å². The van der Waals surface area contributed by atoms with Gasteiger partial charge in [-0.05, 0) is 24.7 Å². The van der Waals surface area contributed by atoms with Crippen LogP contribution >= 0.6 is 11.8 Å². The summed E-state index contributed by atoms with van der Waals surface area (Å²) < 4.78 is 0. The van der Waals surface area contributed by atoms with Crippen LogP contribution in [0.25, 0.3) is 0 Å². The van der Waals surface area contributed by atoms with Crippen molar-refractivity contribution in [2.75, 3.05) is 24.6 Å². The third-order valence-electron chi connectivity index (χ3n) is 4.08. The molecule has 3 rings (SSSR count). The zero-order chi connectivity index (χ0) is 8.84. The largest absolute Gasteiger partial charge is 0.327 e. The first kappa shape index (κ1) is 8.57. The highest BCUT2D eigenvalue weighted by Gasteiger charge is 2.43. The quantitative estimate of drug-likeness (QED) is 0.675. The van der Waals surface area contributed by atoms with Crippen LogP contribution in [0.4, 0.5) is 0 Å². The van der Waals surface area contributed by atoms with Crippen LogP contribution in [0, 0.1) is 11.8 Å². The van der Waals surface area contributed by atoms with Crippen LogP contribution < -0.4 is 5.73 Å². The van der Waals surface area contributed by atoms with Gasteiger partial charge in [-0.15, -0.1) is 0 Å². The molecule has 0 aromatic carbocycles. The first-order chi connectivity index (χ1) is 6.34. The van der Waals surface area contributed by atoms with E-state index in [0.29, 0.717) is 6.04 Å². The molecule has 1 saturated carbocycles. The van der Waals surface area contributed by atoms with Crippen LogP contribution in [-0.4, -0.2) is 41.6 Å². The van der Waals surface area contributed by atoms with E-state index in [0.717, 1.165) is 17.9 Å². The Bertz CT molecular complexity index is 205. The van der Waals surface area contributed by atoms with Crippen molar-refractivity contribution >= 4 is 11.8 Å². The molecule has 2 N–H and O–H groups in total. The van der Waals surface area contributed by atoms with Crippen molar-refractivity contribution in [2.24, 2.45) is 17.6 Å². The van der Waals surface area contributed by atoms with E-state index in [1.54, 1.807) is 0 Å². The maximum Gasteiger partial charge on any atom is 0.0277 e. The number of hydrogen-bond acceptors (Lipinski definition) is 3. The summed E-state index contributed by atoms with van der Waals surface area (Å²) in [4.78, 5) is 2.70. The molecule has 3 fully saturated rings. The summed E-state index contributed by atoms with van der Waals surface area (Å²) in [6.45, 7) is 2.65. The Hall–Kier alpha value is 0.270. The monoisotopic (exact) mass is 198 g/mol. The van der Waals surface area contributed by atoms with Crippen molar-refractivity contribution in [3.8, 4) is 0 Å². The number of likely N-dealkylation sites (tertiary alicyclic amines) is 1. The molecule has 2 heterocycles. The van der Waals surface area contributed by atoms with Gasteiger partial charge in [-0.1, -0.05) is 0 Å². The average Bonchev–Trinajstić information content (AvgIpc) is 2.51. The van der Waals surface area contributed by atoms with E-state index in [2.05, 4.69) is 16.7 Å². The fourth-order valence-electron chi connectivity index (χ4n) is 3.07. The number of hydrogen-bond donors (Lipinski definition) is 1. The molecule has 13 heavy (non-hydrogen) atoms. The molecule has 0 radical (unpaired) electrons. The van der Waals surface area contributed by atoms with Gasteiger partial charge in [-0.25, -0.2) is 0 Å². The van der Waals surface area contributed by atoms with Crippen molar-refractivity contribution in [1.29, 1.82) is 0 Å². The first-order valence-corrected chi connectivity index (χ1v) is 6.57. The second-order valence-electron chi connectivity index (χ2n) is 4.81. The van der Waals surface area contributed by atoms with E-state index >= 15 is 0 Å². The minimum absolute atomic E-state index is 0.516. The Morgan fingerprint density at radius 3 is 2.62 bits per heavy atom. The van der Waals surface area contributed by atoms with Gasteiger partial charge in [0.15, 0.2) is 0 Å². The summed E-state index contributed by atoms with van der Waals surface area (Å²) in [7, 11) is 0. The SMILES string of the molecule is NC1CCC2CN(C3CSC3)CC12. The standard InChI is InChI=1S/C10H18N2S/c11-10-2-1-7-3-12(4-9(7)10)8-5-13-6-8/h7-10H,1-6,11H2. The van der Waals surface area contributed by atoms with Gasteiger partial charge in [0, 0.05) is 36.7 Å². The zero-order valence-electron chi connectivity index (χ0n) is 7.98. The highest BCUT2D eigenvalue weighted by Crippen LogP contribution is 2.39. The molecule has 0 aromatic rings. The van der Waals surface area contributed by atoms with Crippen LogP contribution in [0.5, 0.6) is 0 Å². The summed E-state index contributed by atoms with van der Waals surface area (Å²) in [6.07, 6.45) is 2.67. The molecule has 0 aromatic heterocycles. The minimum atomic E-state index is 0.516. The molecule has 2 saturated heterocycles. The van der Waals surface area contributed by atoms with Gasteiger partial charge in [-0.2, -0.15) is 11.8 Å². The van der Waals surface area contributed by atoms with Gasteiger partial charge in [0.25, 0.3) is 0 Å². The number of thioether (sulfide) groups is 1. The second kappa shape index (κ2) is 3.14. The summed E-state index contributed by atoms with van der Waals surface area (Å²) in [5.41, 5.74) is 6.11. The third-order valence-corrected chi connectivity index (χ3v) is 5.32. The molecule has 2 nitrogen and oxygen atoms in total. The number of nitrogens with two attached hydrogens (primary N) is 1. The first-order valence-electron chi connectivity index (χ1n) is 5.42. The Kier molecular flexibility index (Phi) is 2.07. The van der Waals surface area contributed by atoms with E-state index in [1.807, 2.05) is 0 Å². The molecule has 3 aliphatic rings. The molecule has 0 bridgehead atoms. The van der Waals surface area contributed by atoms with Crippen molar-refractivity contribution in [2.45, 2.75) is 24.9 Å². The normalized spacial score (nSPS) is 46.4. The highest BCUT2D eigenvalue weighted by atomic mass is 32.2. The molecular weight excluding hydrogens is 180 g/mol. The lowest BCUT2D eigenvalue weighted by Crippen LogP contribution is -2.44. The van der Waals surface area contributed by atoms with Gasteiger partial charge in [-0.3, -0.25) is 4.90 Å². The molecule has 1 aliphatic carbocycles. The van der Waals surface area contributed by atoms with E-state index in [4.69, 9.17) is 5.73 Å². The number of nitrogens with zero attached hydrogens (tertiary/aromatic N) is 1. The molecule has 0 spiro atoms. The third kappa shape index (κ3) is 1.32. The molecular formula is C10H18N2S. The molecule has 3 heteroatoms. The predicted molar refractivity (Wildman–Crippen MR) is 56.9 cm³/mol. The van der Waals surface area contributed by atoms with E-state index in [-0.39, 0.29) is 0 Å². The van der Waals surface area contributed by atoms with Crippen LogP contribution in [0.1, 0.15) is 12.8 Å². The summed E-state index contributed by atoms with van der Waals surface area (Å²) in [6, 6.07) is 1.42. The molecule has 74 valence electrons. The van der Waals surface area contributed by atoms with E-state index < -0.39 is 0 Å². The Morgan fingerprint density at radius 2 is 2.00 bits per heavy atom. The molecule has 0 amide bonds. The van der Waals surface area contributed by atoms with Gasteiger partial charge in [0.05, 0.1) is 0 Å². The fourth-order valence-corrected chi connectivity index (χ4v) is 3.94. The summed E-state index contributed by atoms with van der Waals surface area (Å²) >= 11 is 2.09. The number of rotatable bonds is 1. The number of fused-ring (bicyclic) bond motifs is 1. The van der Waals surface area contributed by atoms with Gasteiger partial charge in [0.2, 0.25) is 0 Å². The minimum Gasteiger partial charge on any atom is -0.327 e. The zero-order valence-corrected chi connectivity index (χ0v) is 8.80. The Morgan fingerprint density at radius 1 is 1.15 bits per heavy atom. The van der Waals surface area contributed by atoms with Crippen molar-refractivity contribution < 1.29 is 0 Å². The molecule has 2 aliphatic heterocycles. The van der Waals surface area contributed by atoms with E-state index in [9.17, 15) is 0 Å². The van der Waals surface area contributed by atoms with Crippen LogP contribution in [0.15, 0.2) is 0 Å². The Balaban J connectivity index is 1.65. The summed E-state index contributed by atoms with van der Waals surface area (Å²) in [5, 5.41) is 0. The molecule has 3 atom stereocenters. The van der Waals surface area contributed by atoms with Crippen LogP contribution in [0.2, 0.25) is 0 Å². The maximum absolute atomic E-state index is 6.11.